The molecule has 7 heteroatoms. The first kappa shape index (κ1) is 18.4. The number of nitrogens with zero attached hydrogens (tertiary/aromatic N) is 2. The van der Waals surface area contributed by atoms with E-state index in [2.05, 4.69) is 10.3 Å². The van der Waals surface area contributed by atoms with Crippen LogP contribution < -0.4 is 5.32 Å². The van der Waals surface area contributed by atoms with E-state index in [9.17, 15) is 9.59 Å². The largest absolute Gasteiger partial charge is 0.445 e. The summed E-state index contributed by atoms with van der Waals surface area (Å²) in [6, 6.07) is 15.0. The maximum atomic E-state index is 12.8. The smallest absolute Gasteiger partial charge is 0.410 e. The Morgan fingerprint density at radius 2 is 2.07 bits per heavy atom. The monoisotopic (exact) mass is 395 g/mol. The number of aryl methyl sites for hydroxylation is 1. The lowest BCUT2D eigenvalue weighted by molar-refractivity contribution is -0.120. The minimum Gasteiger partial charge on any atom is -0.445 e. The molecule has 0 spiro atoms. The van der Waals surface area contributed by atoms with E-state index < -0.39 is 12.1 Å². The molecule has 1 aliphatic heterocycles. The predicted molar refractivity (Wildman–Crippen MR) is 109 cm³/mol. The van der Waals surface area contributed by atoms with Crippen LogP contribution in [0.1, 0.15) is 24.0 Å². The summed E-state index contributed by atoms with van der Waals surface area (Å²) < 4.78 is 6.43. The van der Waals surface area contributed by atoms with Crippen LogP contribution in [0.5, 0.6) is 0 Å². The number of aromatic nitrogens is 1. The number of likely N-dealkylation sites (tertiary alicyclic amines) is 1. The third kappa shape index (κ3) is 3.99. The zero-order valence-corrected chi connectivity index (χ0v) is 16.4. The Bertz CT molecular complexity index is 1000. The quantitative estimate of drug-likeness (QED) is 0.713. The summed E-state index contributed by atoms with van der Waals surface area (Å²) in [5, 5.41) is 3.42. The molecular weight excluding hydrogens is 374 g/mol. The summed E-state index contributed by atoms with van der Waals surface area (Å²) in [4.78, 5) is 31.2. The molecule has 2 amide bonds. The van der Waals surface area contributed by atoms with Crippen LogP contribution in [0.15, 0.2) is 48.5 Å². The number of ether oxygens (including phenoxy) is 1. The van der Waals surface area contributed by atoms with Gasteiger partial charge >= 0.3 is 6.09 Å². The molecule has 28 heavy (non-hydrogen) atoms. The standard InChI is InChI=1S/C21H21N3O3S/c1-14-9-10-16-18(12-14)28-20(22-16)23-19(25)17-8-5-11-24(17)21(26)27-13-15-6-3-2-4-7-15/h2-4,6-7,9-10,12,17H,5,8,11,13H2,1H3,(H,22,23,25)/t17-/m0/s1. The second kappa shape index (κ2) is 7.98. The zero-order valence-electron chi connectivity index (χ0n) is 15.6. The molecule has 1 atom stereocenters. The molecule has 3 aromatic rings. The van der Waals surface area contributed by atoms with Crippen LogP contribution in [0.2, 0.25) is 0 Å². The van der Waals surface area contributed by atoms with Crippen molar-refractivity contribution in [3.8, 4) is 0 Å². The van der Waals surface area contributed by atoms with Crippen molar-refractivity contribution in [3.63, 3.8) is 0 Å². The van der Waals surface area contributed by atoms with E-state index in [0.717, 1.165) is 27.8 Å². The summed E-state index contributed by atoms with van der Waals surface area (Å²) in [5.74, 6) is -0.218. The molecule has 1 fully saturated rings. The molecule has 6 nitrogen and oxygen atoms in total. The number of amides is 2. The van der Waals surface area contributed by atoms with Gasteiger partial charge in [-0.2, -0.15) is 0 Å². The number of hydrogen-bond donors (Lipinski definition) is 1. The van der Waals surface area contributed by atoms with Crippen LogP contribution in [0.3, 0.4) is 0 Å². The van der Waals surface area contributed by atoms with Crippen molar-refractivity contribution in [2.45, 2.75) is 32.4 Å². The first-order chi connectivity index (χ1) is 13.6. The number of anilines is 1. The normalized spacial score (nSPS) is 16.3. The van der Waals surface area contributed by atoms with Crippen molar-refractivity contribution < 1.29 is 14.3 Å². The minimum absolute atomic E-state index is 0.196. The Labute approximate surface area is 167 Å². The van der Waals surface area contributed by atoms with Crippen molar-refractivity contribution in [2.24, 2.45) is 0 Å². The Balaban J connectivity index is 1.40. The maximum Gasteiger partial charge on any atom is 0.410 e. The van der Waals surface area contributed by atoms with Crippen LogP contribution in [-0.4, -0.2) is 34.5 Å². The molecular formula is C21H21N3O3S. The van der Waals surface area contributed by atoms with Crippen molar-refractivity contribution in [3.05, 3.63) is 59.7 Å². The highest BCUT2D eigenvalue weighted by Gasteiger charge is 2.35. The average Bonchev–Trinajstić information content (AvgIpc) is 3.33. The van der Waals surface area contributed by atoms with Gasteiger partial charge in [0.05, 0.1) is 10.2 Å². The maximum absolute atomic E-state index is 12.8. The van der Waals surface area contributed by atoms with Gasteiger partial charge in [0.1, 0.15) is 12.6 Å². The highest BCUT2D eigenvalue weighted by Crippen LogP contribution is 2.28. The second-order valence-electron chi connectivity index (χ2n) is 6.87. The van der Waals surface area contributed by atoms with E-state index in [4.69, 9.17) is 4.74 Å². The number of rotatable bonds is 4. The SMILES string of the molecule is Cc1ccc2nc(NC(=O)[C@@H]3CCCN3C(=O)OCc3ccccc3)sc2c1. The van der Waals surface area contributed by atoms with Crippen molar-refractivity contribution in [1.82, 2.24) is 9.88 Å². The summed E-state index contributed by atoms with van der Waals surface area (Å²) in [7, 11) is 0. The van der Waals surface area contributed by atoms with E-state index in [-0.39, 0.29) is 12.5 Å². The van der Waals surface area contributed by atoms with Crippen LogP contribution in [0.4, 0.5) is 9.93 Å². The Kier molecular flexibility index (Phi) is 5.25. The highest BCUT2D eigenvalue weighted by molar-refractivity contribution is 7.22. The summed E-state index contributed by atoms with van der Waals surface area (Å²) in [5.41, 5.74) is 2.93. The number of benzene rings is 2. The van der Waals surface area contributed by atoms with Gasteiger partial charge < -0.3 is 10.1 Å². The second-order valence-corrected chi connectivity index (χ2v) is 7.90. The van der Waals surface area contributed by atoms with Gasteiger partial charge in [-0.05, 0) is 43.0 Å². The van der Waals surface area contributed by atoms with Crippen molar-refractivity contribution >= 4 is 38.7 Å². The Morgan fingerprint density at radius 3 is 2.89 bits per heavy atom. The van der Waals surface area contributed by atoms with E-state index in [1.165, 1.54) is 16.2 Å². The molecule has 1 saturated heterocycles. The van der Waals surface area contributed by atoms with Gasteiger partial charge in [-0.1, -0.05) is 47.7 Å². The third-order valence-corrected chi connectivity index (χ3v) is 5.70. The van der Waals surface area contributed by atoms with Gasteiger partial charge in [0, 0.05) is 6.54 Å². The molecule has 2 heterocycles. The molecule has 0 unspecified atom stereocenters. The fraction of sp³-hybridized carbons (Fsp3) is 0.286. The number of hydrogen-bond acceptors (Lipinski definition) is 5. The fourth-order valence-corrected chi connectivity index (χ4v) is 4.30. The van der Waals surface area contributed by atoms with Gasteiger partial charge in [-0.15, -0.1) is 0 Å². The molecule has 2 aromatic carbocycles. The lowest BCUT2D eigenvalue weighted by Gasteiger charge is -2.22. The number of carbonyl (C=O) groups excluding carboxylic acids is 2. The molecule has 0 aliphatic carbocycles. The average molecular weight is 395 g/mol. The molecule has 1 N–H and O–H groups in total. The fourth-order valence-electron chi connectivity index (χ4n) is 3.33. The van der Waals surface area contributed by atoms with Gasteiger partial charge in [-0.3, -0.25) is 9.69 Å². The van der Waals surface area contributed by atoms with Crippen LogP contribution in [0.25, 0.3) is 10.2 Å². The first-order valence-electron chi connectivity index (χ1n) is 9.25. The van der Waals surface area contributed by atoms with E-state index >= 15 is 0 Å². The summed E-state index contributed by atoms with van der Waals surface area (Å²) in [6.45, 7) is 2.74. The van der Waals surface area contributed by atoms with Gasteiger partial charge in [-0.25, -0.2) is 9.78 Å². The van der Waals surface area contributed by atoms with Crippen LogP contribution in [0, 0.1) is 6.92 Å². The summed E-state index contributed by atoms with van der Waals surface area (Å²) in [6.07, 6.45) is 0.940. The third-order valence-electron chi connectivity index (χ3n) is 4.77. The highest BCUT2D eigenvalue weighted by atomic mass is 32.1. The predicted octanol–water partition coefficient (Wildman–Crippen LogP) is 4.34. The van der Waals surface area contributed by atoms with Crippen LogP contribution >= 0.6 is 11.3 Å². The molecule has 0 radical (unpaired) electrons. The summed E-state index contributed by atoms with van der Waals surface area (Å²) >= 11 is 1.44. The number of thiazole rings is 1. The number of carbonyl (C=O) groups is 2. The molecule has 1 aliphatic rings. The lowest BCUT2D eigenvalue weighted by Crippen LogP contribution is -2.43. The molecule has 0 bridgehead atoms. The first-order valence-corrected chi connectivity index (χ1v) is 10.1. The van der Waals surface area contributed by atoms with Gasteiger partial charge in [0.25, 0.3) is 0 Å². The van der Waals surface area contributed by atoms with Crippen molar-refractivity contribution in [1.29, 1.82) is 0 Å². The topological polar surface area (TPSA) is 71.5 Å². The van der Waals surface area contributed by atoms with E-state index in [1.54, 1.807) is 0 Å². The molecule has 1 aromatic heterocycles. The molecule has 144 valence electrons. The lowest BCUT2D eigenvalue weighted by atomic mass is 10.2. The molecule has 4 rings (SSSR count). The van der Waals surface area contributed by atoms with Crippen LogP contribution in [-0.2, 0) is 16.1 Å². The minimum atomic E-state index is -0.531. The van der Waals surface area contributed by atoms with Crippen molar-refractivity contribution in [2.75, 3.05) is 11.9 Å². The molecule has 0 saturated carbocycles. The van der Waals surface area contributed by atoms with E-state index in [1.807, 2.05) is 55.5 Å². The zero-order chi connectivity index (χ0) is 19.5. The Hall–Kier alpha value is -2.93. The number of fused-ring (bicyclic) bond motifs is 1. The van der Waals surface area contributed by atoms with Gasteiger partial charge in [0.2, 0.25) is 5.91 Å². The van der Waals surface area contributed by atoms with E-state index in [0.29, 0.717) is 18.1 Å². The number of nitrogens with one attached hydrogen (secondary N) is 1. The Morgan fingerprint density at radius 1 is 1.25 bits per heavy atom. The van der Waals surface area contributed by atoms with Gasteiger partial charge in [0.15, 0.2) is 5.13 Å².